The number of carbonyl (C=O) groups is 1. The van der Waals surface area contributed by atoms with E-state index in [9.17, 15) is 13.2 Å². The van der Waals surface area contributed by atoms with E-state index < -0.39 is 11.7 Å². The first-order chi connectivity index (χ1) is 16.8. The molecule has 0 saturated heterocycles. The van der Waals surface area contributed by atoms with E-state index in [1.54, 1.807) is 5.01 Å². The molecule has 0 atom stereocenters. The summed E-state index contributed by atoms with van der Waals surface area (Å²) < 4.78 is 44.3. The molecule has 2 aromatic carbocycles. The van der Waals surface area contributed by atoms with E-state index in [4.69, 9.17) is 20.5 Å². The first-order valence-electron chi connectivity index (χ1n) is 11.9. The van der Waals surface area contributed by atoms with Crippen LogP contribution in [0.4, 0.5) is 13.2 Å². The molecule has 3 N–H and O–H groups in total. The van der Waals surface area contributed by atoms with E-state index in [1.165, 1.54) is 17.7 Å². The summed E-state index contributed by atoms with van der Waals surface area (Å²) in [4.78, 5) is 13.0. The number of nitrogens with zero attached hydrogens (tertiary/aromatic N) is 2. The first-order valence-corrected chi connectivity index (χ1v) is 11.9. The lowest BCUT2D eigenvalue weighted by molar-refractivity contribution is -0.137. The van der Waals surface area contributed by atoms with Crippen molar-refractivity contribution in [2.75, 3.05) is 6.54 Å². The summed E-state index contributed by atoms with van der Waals surface area (Å²) in [5.74, 6) is 7.85. The Morgan fingerprint density at radius 1 is 1.11 bits per heavy atom. The van der Waals surface area contributed by atoms with Crippen molar-refractivity contribution < 1.29 is 27.8 Å². The third-order valence-electron chi connectivity index (χ3n) is 5.04. The summed E-state index contributed by atoms with van der Waals surface area (Å²) in [6, 6.07) is 11.4. The fraction of sp³-hybridized carbons (Fsp3) is 0.481. The van der Waals surface area contributed by atoms with Crippen LogP contribution in [0.15, 0.2) is 47.5 Å². The Bertz CT molecular complexity index is 969. The van der Waals surface area contributed by atoms with Crippen molar-refractivity contribution in [3.8, 4) is 5.75 Å². The van der Waals surface area contributed by atoms with E-state index in [0.29, 0.717) is 19.5 Å². The summed E-state index contributed by atoms with van der Waals surface area (Å²) in [6.45, 7) is 10.9. The maximum atomic E-state index is 12.8. The molecular formula is C27H38F3N3O3. The molecule has 0 aliphatic heterocycles. The van der Waals surface area contributed by atoms with Crippen LogP contribution >= 0.6 is 0 Å². The molecule has 2 aromatic rings. The fourth-order valence-electron chi connectivity index (χ4n) is 3.43. The molecule has 0 unspecified atom stereocenters. The van der Waals surface area contributed by atoms with Crippen molar-refractivity contribution in [3.63, 3.8) is 0 Å². The minimum absolute atomic E-state index is 0.241. The quantitative estimate of drug-likeness (QED) is 0.134. The van der Waals surface area contributed by atoms with Gasteiger partial charge < -0.3 is 9.84 Å². The molecule has 36 heavy (non-hydrogen) atoms. The van der Waals surface area contributed by atoms with E-state index in [1.807, 2.05) is 40.7 Å². The Labute approximate surface area is 211 Å². The second-order valence-corrected chi connectivity index (χ2v) is 9.39. The predicted octanol–water partition coefficient (Wildman–Crippen LogP) is 6.40. The largest absolute Gasteiger partial charge is 0.488 e. The Morgan fingerprint density at radius 2 is 1.69 bits per heavy atom. The second kappa shape index (κ2) is 14.5. The van der Waals surface area contributed by atoms with Gasteiger partial charge in [-0.25, -0.2) is 5.84 Å². The highest BCUT2D eigenvalue weighted by Crippen LogP contribution is 2.29. The number of halogens is 3. The third kappa shape index (κ3) is 11.6. The molecule has 2 rings (SSSR count). The monoisotopic (exact) mass is 509 g/mol. The van der Waals surface area contributed by atoms with Crippen LogP contribution in [0.2, 0.25) is 0 Å². The molecular weight excluding hydrogens is 471 g/mol. The molecule has 0 aliphatic rings. The number of hydrazine groups is 1. The lowest BCUT2D eigenvalue weighted by Gasteiger charge is -2.23. The maximum Gasteiger partial charge on any atom is 0.416 e. The molecule has 0 fully saturated rings. The van der Waals surface area contributed by atoms with Crippen LogP contribution in [0.25, 0.3) is 0 Å². The number of amidine groups is 1. The van der Waals surface area contributed by atoms with Crippen LogP contribution in [0.1, 0.15) is 69.2 Å². The number of benzene rings is 2. The van der Waals surface area contributed by atoms with Gasteiger partial charge in [0.1, 0.15) is 17.2 Å². The van der Waals surface area contributed by atoms with Gasteiger partial charge in [-0.1, -0.05) is 31.2 Å². The Kier molecular flexibility index (Phi) is 12.5. The van der Waals surface area contributed by atoms with Crippen molar-refractivity contribution in [2.24, 2.45) is 10.8 Å². The van der Waals surface area contributed by atoms with Gasteiger partial charge in [-0.3, -0.25) is 14.8 Å². The SMILES string of the molecule is CCCN(N)C(CCCc1ccc(OC(C)(C)C)c(C)c1)=NCc1ccc(C(F)(F)F)cc1.O=CO. The van der Waals surface area contributed by atoms with Gasteiger partial charge in [-0.2, -0.15) is 13.2 Å². The Balaban J connectivity index is 0.00000205. The summed E-state index contributed by atoms with van der Waals surface area (Å²) in [5, 5.41) is 8.54. The highest BCUT2D eigenvalue weighted by Gasteiger charge is 2.29. The summed E-state index contributed by atoms with van der Waals surface area (Å²) in [6.07, 6.45) is -1.03. The Hall–Kier alpha value is -3.07. The number of ether oxygens (including phenoxy) is 1. The molecule has 0 heterocycles. The van der Waals surface area contributed by atoms with Crippen molar-refractivity contribution in [2.45, 2.75) is 78.6 Å². The number of carboxylic acid groups (broad SMARTS) is 1. The van der Waals surface area contributed by atoms with E-state index in [2.05, 4.69) is 17.1 Å². The van der Waals surface area contributed by atoms with Crippen LogP contribution in [0.5, 0.6) is 5.75 Å². The highest BCUT2D eigenvalue weighted by atomic mass is 19.4. The number of aliphatic imine (C=N–C) groups is 1. The number of rotatable bonds is 9. The second-order valence-electron chi connectivity index (χ2n) is 9.39. The molecule has 9 heteroatoms. The van der Waals surface area contributed by atoms with Gasteiger partial charge in [-0.05, 0) is 81.8 Å². The van der Waals surface area contributed by atoms with Crippen LogP contribution < -0.4 is 10.6 Å². The smallest absolute Gasteiger partial charge is 0.416 e. The fourth-order valence-corrected chi connectivity index (χ4v) is 3.43. The van der Waals surface area contributed by atoms with E-state index in [-0.39, 0.29) is 12.1 Å². The van der Waals surface area contributed by atoms with Gasteiger partial charge >= 0.3 is 6.18 Å². The van der Waals surface area contributed by atoms with Crippen molar-refractivity contribution in [1.82, 2.24) is 5.01 Å². The molecule has 200 valence electrons. The van der Waals surface area contributed by atoms with Crippen LogP contribution in [-0.4, -0.2) is 34.6 Å². The van der Waals surface area contributed by atoms with Gasteiger partial charge in [0.05, 0.1) is 12.1 Å². The zero-order valence-corrected chi connectivity index (χ0v) is 21.7. The minimum Gasteiger partial charge on any atom is -0.488 e. The number of hydrogen-bond donors (Lipinski definition) is 2. The summed E-state index contributed by atoms with van der Waals surface area (Å²) in [7, 11) is 0. The lowest BCUT2D eigenvalue weighted by atomic mass is 10.0. The van der Waals surface area contributed by atoms with E-state index in [0.717, 1.165) is 54.1 Å². The summed E-state index contributed by atoms with van der Waals surface area (Å²) >= 11 is 0. The van der Waals surface area contributed by atoms with Crippen LogP contribution in [0.3, 0.4) is 0 Å². The molecule has 6 nitrogen and oxygen atoms in total. The molecule has 0 aliphatic carbocycles. The standard InChI is InChI=1S/C26H36F3N3O.CH2O2/c1-6-16-32(30)24(31-18-21-10-13-22(14-11-21)26(27,28)29)9-7-8-20-12-15-23(19(2)17-20)33-25(3,4)5;2-1-3/h10-15,17H,6-9,16,18,30H2,1-5H3;1H,(H,2,3). The van der Waals surface area contributed by atoms with Gasteiger partial charge in [0.2, 0.25) is 0 Å². The topological polar surface area (TPSA) is 88.1 Å². The average Bonchev–Trinajstić information content (AvgIpc) is 2.77. The molecule has 0 radical (unpaired) electrons. The minimum atomic E-state index is -4.34. The molecule has 0 bridgehead atoms. The normalized spacial score (nSPS) is 12.0. The highest BCUT2D eigenvalue weighted by molar-refractivity contribution is 5.81. The zero-order chi connectivity index (χ0) is 27.4. The van der Waals surface area contributed by atoms with Gasteiger partial charge in [0.15, 0.2) is 0 Å². The molecule has 0 saturated carbocycles. The number of alkyl halides is 3. The predicted molar refractivity (Wildman–Crippen MR) is 137 cm³/mol. The number of hydrogen-bond acceptors (Lipinski definition) is 4. The number of nitrogens with two attached hydrogens (primary N) is 1. The van der Waals surface area contributed by atoms with Gasteiger partial charge in [0, 0.05) is 13.0 Å². The van der Waals surface area contributed by atoms with Gasteiger partial charge in [-0.15, -0.1) is 0 Å². The van der Waals surface area contributed by atoms with Gasteiger partial charge in [0.25, 0.3) is 6.47 Å². The zero-order valence-electron chi connectivity index (χ0n) is 21.7. The van der Waals surface area contributed by atoms with Crippen molar-refractivity contribution >= 4 is 12.3 Å². The van der Waals surface area contributed by atoms with Crippen molar-refractivity contribution in [3.05, 3.63) is 64.7 Å². The molecule has 0 amide bonds. The van der Waals surface area contributed by atoms with Crippen LogP contribution in [0, 0.1) is 6.92 Å². The molecule has 0 spiro atoms. The maximum absolute atomic E-state index is 12.8. The average molecular weight is 510 g/mol. The van der Waals surface area contributed by atoms with E-state index >= 15 is 0 Å². The lowest BCUT2D eigenvalue weighted by Crippen LogP contribution is -2.38. The molecule has 0 aromatic heterocycles. The van der Waals surface area contributed by atoms with Crippen molar-refractivity contribution in [1.29, 1.82) is 0 Å². The number of aryl methyl sites for hydroxylation is 2. The summed E-state index contributed by atoms with van der Waals surface area (Å²) in [5.41, 5.74) is 2.14. The Morgan fingerprint density at radius 3 is 2.19 bits per heavy atom. The first kappa shape index (κ1) is 31.0. The third-order valence-corrected chi connectivity index (χ3v) is 5.04. The van der Waals surface area contributed by atoms with Crippen LogP contribution in [-0.2, 0) is 23.9 Å².